The molecule has 0 bridgehead atoms. The van der Waals surface area contributed by atoms with Gasteiger partial charge in [-0.05, 0) is 50.1 Å². The monoisotopic (exact) mass is 536 g/mol. The zero-order valence-corrected chi connectivity index (χ0v) is 22.7. The van der Waals surface area contributed by atoms with Gasteiger partial charge in [-0.2, -0.15) is 0 Å². The van der Waals surface area contributed by atoms with Gasteiger partial charge in [-0.25, -0.2) is 0 Å². The van der Waals surface area contributed by atoms with E-state index in [2.05, 4.69) is 5.32 Å². The molecule has 1 aliphatic carbocycles. The summed E-state index contributed by atoms with van der Waals surface area (Å²) < 4.78 is 11.8. The minimum atomic E-state index is -1.18. The molecule has 9 nitrogen and oxygen atoms in total. The number of nitrogens with one attached hydrogen (secondary N) is 1. The minimum Gasteiger partial charge on any atom is -0.493 e. The molecule has 2 amide bonds. The van der Waals surface area contributed by atoms with Crippen LogP contribution in [0.25, 0.3) is 0 Å². The van der Waals surface area contributed by atoms with Crippen LogP contribution in [0.2, 0.25) is 0 Å². The van der Waals surface area contributed by atoms with Crippen molar-refractivity contribution in [2.75, 3.05) is 20.3 Å². The lowest BCUT2D eigenvalue weighted by Crippen LogP contribution is -2.55. The van der Waals surface area contributed by atoms with Crippen LogP contribution in [-0.2, 0) is 22.7 Å². The topological polar surface area (TPSA) is 129 Å². The first kappa shape index (κ1) is 28.4. The van der Waals surface area contributed by atoms with E-state index >= 15 is 0 Å². The summed E-state index contributed by atoms with van der Waals surface area (Å²) in [5.74, 6) is -0.663. The number of hydrogen-bond acceptors (Lipinski definition) is 7. The van der Waals surface area contributed by atoms with E-state index in [4.69, 9.17) is 9.47 Å². The fraction of sp³-hybridized carbons (Fsp3) is 0.400. The highest BCUT2D eigenvalue weighted by atomic mass is 16.5. The predicted octanol–water partition coefficient (Wildman–Crippen LogP) is 2.11. The maximum absolute atomic E-state index is 13.5. The molecule has 4 rings (SSSR count). The zero-order valence-electron chi connectivity index (χ0n) is 22.7. The van der Waals surface area contributed by atoms with Crippen LogP contribution in [0.4, 0.5) is 0 Å². The Kier molecular flexibility index (Phi) is 8.74. The summed E-state index contributed by atoms with van der Waals surface area (Å²) in [6.07, 6.45) is 1.06. The molecule has 0 aromatic heterocycles. The molecule has 4 atom stereocenters. The molecule has 39 heavy (non-hydrogen) atoms. The van der Waals surface area contributed by atoms with E-state index in [1.54, 1.807) is 23.1 Å². The molecule has 0 saturated heterocycles. The first-order valence-electron chi connectivity index (χ1n) is 13.0. The molecule has 4 N–H and O–H groups in total. The average Bonchev–Trinajstić information content (AvgIpc) is 3.31. The fourth-order valence-electron chi connectivity index (χ4n) is 5.17. The van der Waals surface area contributed by atoms with Crippen LogP contribution in [0.3, 0.4) is 0 Å². The van der Waals surface area contributed by atoms with Gasteiger partial charge >= 0.3 is 0 Å². The third kappa shape index (κ3) is 5.85. The summed E-state index contributed by atoms with van der Waals surface area (Å²) in [5, 5.41) is 33.5. The second-order valence-electron chi connectivity index (χ2n) is 10.2. The standard InChI is InChI=1S/C30H36N2O7/c1-17(2)11-25(35)32(15-19-7-5-18(3)6-8-19)23-14-22(30(37)31-9-10-33)26-21-12-20(16-34)13-24(38-4)28(21)39-29(26)27(23)36/h5-8,11-14,23,26-27,29,33-34,36H,9-10,15-16H2,1-4H3,(H,31,37)/t23-,26+,27+,29+/m1/s1. The largest absolute Gasteiger partial charge is 0.493 e. The van der Waals surface area contributed by atoms with Crippen molar-refractivity contribution in [3.05, 3.63) is 82.0 Å². The number of carbonyl (C=O) groups excluding carboxylic acids is 2. The maximum Gasteiger partial charge on any atom is 0.247 e. The first-order chi connectivity index (χ1) is 18.7. The van der Waals surface area contributed by atoms with E-state index in [1.807, 2.05) is 45.0 Å². The number of nitrogens with zero attached hydrogens (tertiary/aromatic N) is 1. The Morgan fingerprint density at radius 3 is 2.46 bits per heavy atom. The highest BCUT2D eigenvalue weighted by molar-refractivity contribution is 5.96. The molecule has 2 aliphatic rings. The molecule has 9 heteroatoms. The quantitative estimate of drug-likeness (QED) is 0.362. The van der Waals surface area contributed by atoms with Crippen molar-refractivity contribution >= 4 is 11.8 Å². The average molecular weight is 537 g/mol. The van der Waals surface area contributed by atoms with Crippen LogP contribution in [0.5, 0.6) is 11.5 Å². The molecular formula is C30H36N2O7. The van der Waals surface area contributed by atoms with E-state index in [9.17, 15) is 24.9 Å². The Labute approximate surface area is 228 Å². The van der Waals surface area contributed by atoms with Crippen molar-refractivity contribution in [3.8, 4) is 11.5 Å². The number of methoxy groups -OCH3 is 1. The van der Waals surface area contributed by atoms with Crippen LogP contribution >= 0.6 is 0 Å². The van der Waals surface area contributed by atoms with Crippen molar-refractivity contribution in [3.63, 3.8) is 0 Å². The van der Waals surface area contributed by atoms with Gasteiger partial charge in [0.2, 0.25) is 11.8 Å². The van der Waals surface area contributed by atoms with E-state index in [0.29, 0.717) is 28.2 Å². The highest BCUT2D eigenvalue weighted by Gasteiger charge is 2.51. The number of ether oxygens (including phenoxy) is 2. The van der Waals surface area contributed by atoms with Crippen molar-refractivity contribution < 1.29 is 34.4 Å². The number of allylic oxidation sites excluding steroid dienone is 1. The summed E-state index contributed by atoms with van der Waals surface area (Å²) >= 11 is 0. The number of aliphatic hydroxyl groups is 3. The summed E-state index contributed by atoms with van der Waals surface area (Å²) in [7, 11) is 1.48. The fourth-order valence-corrected chi connectivity index (χ4v) is 5.17. The predicted molar refractivity (Wildman–Crippen MR) is 145 cm³/mol. The van der Waals surface area contributed by atoms with Crippen LogP contribution in [0.1, 0.15) is 42.0 Å². The van der Waals surface area contributed by atoms with Crippen molar-refractivity contribution in [2.24, 2.45) is 0 Å². The number of carbonyl (C=O) groups is 2. The van der Waals surface area contributed by atoms with Crippen LogP contribution < -0.4 is 14.8 Å². The second-order valence-corrected chi connectivity index (χ2v) is 10.2. The highest BCUT2D eigenvalue weighted by Crippen LogP contribution is 2.51. The molecular weight excluding hydrogens is 500 g/mol. The Morgan fingerprint density at radius 1 is 1.13 bits per heavy atom. The molecule has 2 aromatic carbocycles. The normalized spacial score (nSPS) is 21.2. The number of amides is 2. The smallest absolute Gasteiger partial charge is 0.247 e. The number of fused-ring (bicyclic) bond motifs is 3. The molecule has 0 unspecified atom stereocenters. The summed E-state index contributed by atoms with van der Waals surface area (Å²) in [5.41, 5.74) is 4.23. The Balaban J connectivity index is 1.83. The number of aliphatic hydroxyl groups excluding tert-OH is 3. The van der Waals surface area contributed by atoms with E-state index in [-0.39, 0.29) is 32.2 Å². The third-order valence-electron chi connectivity index (χ3n) is 7.02. The van der Waals surface area contributed by atoms with E-state index in [1.165, 1.54) is 13.2 Å². The van der Waals surface area contributed by atoms with Gasteiger partial charge in [-0.3, -0.25) is 9.59 Å². The molecule has 0 spiro atoms. The Bertz CT molecular complexity index is 1280. The maximum atomic E-state index is 13.5. The van der Waals surface area contributed by atoms with Crippen LogP contribution in [-0.4, -0.2) is 70.5 Å². The number of aryl methyl sites for hydroxylation is 1. The van der Waals surface area contributed by atoms with Gasteiger partial charge in [0.25, 0.3) is 0 Å². The summed E-state index contributed by atoms with van der Waals surface area (Å²) in [4.78, 5) is 28.5. The molecule has 0 saturated carbocycles. The SMILES string of the molecule is COc1cc(CO)cc2c1O[C@@H]1[C@@H](O)[C@H](N(Cc3ccc(C)cc3)C(=O)C=C(C)C)C=C(C(=O)NCCO)[C@H]21. The van der Waals surface area contributed by atoms with E-state index in [0.717, 1.165) is 16.7 Å². The summed E-state index contributed by atoms with van der Waals surface area (Å²) in [6.45, 7) is 5.37. The van der Waals surface area contributed by atoms with Gasteiger partial charge in [0, 0.05) is 30.3 Å². The molecule has 2 aromatic rings. The third-order valence-corrected chi connectivity index (χ3v) is 7.02. The molecule has 208 valence electrons. The van der Waals surface area contributed by atoms with Gasteiger partial charge in [0.15, 0.2) is 11.5 Å². The summed E-state index contributed by atoms with van der Waals surface area (Å²) in [6, 6.07) is 10.3. The van der Waals surface area contributed by atoms with Crippen molar-refractivity contribution in [1.82, 2.24) is 10.2 Å². The van der Waals surface area contributed by atoms with Crippen LogP contribution in [0, 0.1) is 6.92 Å². The first-order valence-corrected chi connectivity index (χ1v) is 13.0. The van der Waals surface area contributed by atoms with Crippen molar-refractivity contribution in [2.45, 2.75) is 58.1 Å². The molecule has 0 radical (unpaired) electrons. The molecule has 1 heterocycles. The van der Waals surface area contributed by atoms with Gasteiger partial charge in [0.05, 0.1) is 32.3 Å². The van der Waals surface area contributed by atoms with Gasteiger partial charge in [-0.1, -0.05) is 35.4 Å². The van der Waals surface area contributed by atoms with Gasteiger partial charge < -0.3 is 35.0 Å². The van der Waals surface area contributed by atoms with E-state index < -0.39 is 30.1 Å². The van der Waals surface area contributed by atoms with Gasteiger partial charge in [-0.15, -0.1) is 0 Å². The lowest BCUT2D eigenvalue weighted by Gasteiger charge is -2.40. The second kappa shape index (κ2) is 12.0. The Morgan fingerprint density at radius 2 is 1.85 bits per heavy atom. The van der Waals surface area contributed by atoms with Crippen molar-refractivity contribution in [1.29, 1.82) is 0 Å². The number of hydrogen-bond donors (Lipinski definition) is 4. The minimum absolute atomic E-state index is 0.0400. The number of rotatable bonds is 9. The van der Waals surface area contributed by atoms with Gasteiger partial charge in [0.1, 0.15) is 12.2 Å². The molecule has 0 fully saturated rings. The lowest BCUT2D eigenvalue weighted by atomic mass is 9.77. The van der Waals surface area contributed by atoms with Crippen LogP contribution in [0.15, 0.2) is 59.7 Å². The number of benzene rings is 2. The Hall–Kier alpha value is -3.66. The zero-order chi connectivity index (χ0) is 28.3. The molecule has 1 aliphatic heterocycles. The lowest BCUT2D eigenvalue weighted by molar-refractivity contribution is -0.133.